The van der Waals surface area contributed by atoms with Crippen LogP contribution in [0.25, 0.3) is 0 Å². The molecule has 112 valence electrons. The third-order valence-electron chi connectivity index (χ3n) is 2.73. The van der Waals surface area contributed by atoms with Gasteiger partial charge in [0.1, 0.15) is 0 Å². The van der Waals surface area contributed by atoms with E-state index < -0.39 is 0 Å². The minimum absolute atomic E-state index is 0.262. The third kappa shape index (κ3) is 4.52. The van der Waals surface area contributed by atoms with Gasteiger partial charge in [-0.15, -0.1) is 0 Å². The zero-order chi connectivity index (χ0) is 15.0. The van der Waals surface area contributed by atoms with Crippen LogP contribution >= 0.6 is 0 Å². The number of aromatic nitrogens is 3. The fraction of sp³-hybridized carbons (Fsp3) is 0.667. The van der Waals surface area contributed by atoms with Crippen LogP contribution < -0.4 is 15.5 Å². The smallest absolute Gasteiger partial charge is 0.307 e. The molecule has 0 amide bonds. The van der Waals surface area contributed by atoms with Crippen LogP contribution in [-0.2, 0) is 9.53 Å². The molecule has 0 aliphatic heterocycles. The van der Waals surface area contributed by atoms with E-state index in [1.165, 1.54) is 7.11 Å². The van der Waals surface area contributed by atoms with E-state index in [2.05, 4.69) is 30.3 Å². The van der Waals surface area contributed by atoms with Crippen molar-refractivity contribution in [2.24, 2.45) is 0 Å². The molecule has 8 nitrogen and oxygen atoms in total. The molecular formula is C12H22N6O2. The van der Waals surface area contributed by atoms with Crippen molar-refractivity contribution in [1.29, 1.82) is 0 Å². The Bertz CT molecular complexity index is 436. The molecule has 0 aliphatic carbocycles. The number of ether oxygens (including phenoxy) is 1. The summed E-state index contributed by atoms with van der Waals surface area (Å²) in [6.45, 7) is 6.11. The first-order chi connectivity index (χ1) is 9.64. The van der Waals surface area contributed by atoms with Gasteiger partial charge in [0.2, 0.25) is 17.8 Å². The summed E-state index contributed by atoms with van der Waals surface area (Å²) in [7, 11) is 3.11. The van der Waals surface area contributed by atoms with Gasteiger partial charge in [0.15, 0.2) is 0 Å². The van der Waals surface area contributed by atoms with E-state index in [1.54, 1.807) is 7.05 Å². The maximum Gasteiger partial charge on any atom is 0.307 e. The van der Waals surface area contributed by atoms with Crippen LogP contribution in [0.4, 0.5) is 17.8 Å². The van der Waals surface area contributed by atoms with Crippen LogP contribution in [0.1, 0.15) is 20.3 Å². The summed E-state index contributed by atoms with van der Waals surface area (Å²) in [6.07, 6.45) is 0.262. The molecule has 0 spiro atoms. The molecule has 1 rings (SSSR count). The van der Waals surface area contributed by atoms with Crippen molar-refractivity contribution < 1.29 is 9.53 Å². The first-order valence-electron chi connectivity index (χ1n) is 6.64. The minimum Gasteiger partial charge on any atom is -0.469 e. The standard InChI is InChI=1S/C12H22N6O2/c1-5-18(6-2)12-16-10(13-3)15-11(17-12)14-8-7-9(19)20-4/h5-8H2,1-4H3,(H2,13,14,15,16,17). The van der Waals surface area contributed by atoms with Crippen LogP contribution in [0.2, 0.25) is 0 Å². The van der Waals surface area contributed by atoms with Crippen LogP contribution in [-0.4, -0.2) is 54.7 Å². The fourth-order valence-corrected chi connectivity index (χ4v) is 1.58. The number of anilines is 3. The van der Waals surface area contributed by atoms with E-state index in [-0.39, 0.29) is 12.4 Å². The van der Waals surface area contributed by atoms with E-state index in [0.717, 1.165) is 13.1 Å². The normalized spacial score (nSPS) is 10.0. The van der Waals surface area contributed by atoms with E-state index in [4.69, 9.17) is 0 Å². The van der Waals surface area contributed by atoms with E-state index >= 15 is 0 Å². The molecule has 0 atom stereocenters. The van der Waals surface area contributed by atoms with Gasteiger partial charge in [-0.25, -0.2) is 0 Å². The Morgan fingerprint density at radius 3 is 2.40 bits per heavy atom. The number of rotatable bonds is 8. The van der Waals surface area contributed by atoms with E-state index in [9.17, 15) is 4.79 Å². The van der Waals surface area contributed by atoms with Crippen molar-refractivity contribution in [1.82, 2.24) is 15.0 Å². The second-order valence-corrected chi connectivity index (χ2v) is 3.96. The fourth-order valence-electron chi connectivity index (χ4n) is 1.58. The van der Waals surface area contributed by atoms with Gasteiger partial charge in [-0.1, -0.05) is 0 Å². The van der Waals surface area contributed by atoms with Gasteiger partial charge < -0.3 is 20.3 Å². The molecular weight excluding hydrogens is 260 g/mol. The van der Waals surface area contributed by atoms with Gasteiger partial charge in [-0.05, 0) is 13.8 Å². The number of carbonyl (C=O) groups excluding carboxylic acids is 1. The summed E-state index contributed by atoms with van der Waals surface area (Å²) in [5.74, 6) is 1.26. The highest BCUT2D eigenvalue weighted by molar-refractivity contribution is 5.69. The molecule has 1 aromatic rings. The van der Waals surface area contributed by atoms with Gasteiger partial charge in [0.05, 0.1) is 13.5 Å². The lowest BCUT2D eigenvalue weighted by Gasteiger charge is -2.19. The number of esters is 1. The van der Waals surface area contributed by atoms with Gasteiger partial charge in [-0.3, -0.25) is 4.79 Å². The monoisotopic (exact) mass is 282 g/mol. The highest BCUT2D eigenvalue weighted by Gasteiger charge is 2.10. The van der Waals surface area contributed by atoms with Gasteiger partial charge in [0, 0.05) is 26.7 Å². The number of nitrogens with one attached hydrogen (secondary N) is 2. The summed E-state index contributed by atoms with van der Waals surface area (Å²) in [5, 5.41) is 5.90. The van der Waals surface area contributed by atoms with Crippen molar-refractivity contribution in [3.8, 4) is 0 Å². The van der Waals surface area contributed by atoms with Crippen LogP contribution in [0.5, 0.6) is 0 Å². The highest BCUT2D eigenvalue weighted by Crippen LogP contribution is 2.13. The first-order valence-corrected chi connectivity index (χ1v) is 6.64. The van der Waals surface area contributed by atoms with Gasteiger partial charge in [0.25, 0.3) is 0 Å². The lowest BCUT2D eigenvalue weighted by Crippen LogP contribution is -2.25. The Labute approximate surface area is 119 Å². The summed E-state index contributed by atoms with van der Waals surface area (Å²) in [5.41, 5.74) is 0. The molecule has 0 fully saturated rings. The van der Waals surface area contributed by atoms with Crippen LogP contribution in [0.15, 0.2) is 0 Å². The lowest BCUT2D eigenvalue weighted by atomic mass is 10.4. The number of carbonyl (C=O) groups is 1. The summed E-state index contributed by atoms with van der Waals surface area (Å²) < 4.78 is 4.58. The molecule has 0 aromatic carbocycles. The maximum atomic E-state index is 11.1. The van der Waals surface area contributed by atoms with Gasteiger partial charge in [-0.2, -0.15) is 15.0 Å². The lowest BCUT2D eigenvalue weighted by molar-refractivity contribution is -0.140. The first kappa shape index (κ1) is 15.9. The number of hydrogen-bond acceptors (Lipinski definition) is 8. The Morgan fingerprint density at radius 2 is 1.85 bits per heavy atom. The van der Waals surface area contributed by atoms with Gasteiger partial charge >= 0.3 is 5.97 Å². The largest absolute Gasteiger partial charge is 0.469 e. The van der Waals surface area contributed by atoms with Crippen molar-refractivity contribution in [2.75, 3.05) is 49.3 Å². The molecule has 1 heterocycles. The maximum absolute atomic E-state index is 11.1. The summed E-state index contributed by atoms with van der Waals surface area (Å²) in [4.78, 5) is 25.9. The molecule has 0 saturated carbocycles. The summed E-state index contributed by atoms with van der Waals surface area (Å²) in [6, 6.07) is 0. The number of nitrogens with zero attached hydrogens (tertiary/aromatic N) is 4. The predicted molar refractivity (Wildman–Crippen MR) is 78.1 cm³/mol. The van der Waals surface area contributed by atoms with Crippen molar-refractivity contribution >= 4 is 23.8 Å². The topological polar surface area (TPSA) is 92.3 Å². The van der Waals surface area contributed by atoms with E-state index in [1.807, 2.05) is 18.7 Å². The van der Waals surface area contributed by atoms with E-state index in [0.29, 0.717) is 24.4 Å². The molecule has 0 saturated heterocycles. The zero-order valence-corrected chi connectivity index (χ0v) is 12.4. The average Bonchev–Trinajstić information content (AvgIpc) is 2.48. The number of hydrogen-bond donors (Lipinski definition) is 2. The Balaban J connectivity index is 2.79. The van der Waals surface area contributed by atoms with Crippen molar-refractivity contribution in [3.63, 3.8) is 0 Å². The predicted octanol–water partition coefficient (Wildman–Crippen LogP) is 0.734. The molecule has 1 aromatic heterocycles. The van der Waals surface area contributed by atoms with Crippen LogP contribution in [0, 0.1) is 0 Å². The second kappa shape index (κ2) is 8.13. The molecule has 20 heavy (non-hydrogen) atoms. The van der Waals surface area contributed by atoms with Crippen molar-refractivity contribution in [3.05, 3.63) is 0 Å². The SMILES string of the molecule is CCN(CC)c1nc(NC)nc(NCCC(=O)OC)n1. The van der Waals surface area contributed by atoms with Crippen molar-refractivity contribution in [2.45, 2.75) is 20.3 Å². The molecule has 0 bridgehead atoms. The molecule has 0 unspecified atom stereocenters. The molecule has 8 heteroatoms. The zero-order valence-electron chi connectivity index (χ0n) is 12.4. The number of methoxy groups -OCH3 is 1. The Kier molecular flexibility index (Phi) is 6.48. The van der Waals surface area contributed by atoms with Crippen LogP contribution in [0.3, 0.4) is 0 Å². The average molecular weight is 282 g/mol. The summed E-state index contributed by atoms with van der Waals surface area (Å²) >= 11 is 0. The highest BCUT2D eigenvalue weighted by atomic mass is 16.5. The second-order valence-electron chi connectivity index (χ2n) is 3.96. The minimum atomic E-state index is -0.274. The quantitative estimate of drug-likeness (QED) is 0.674. The Morgan fingerprint density at radius 1 is 1.20 bits per heavy atom. The molecule has 0 radical (unpaired) electrons. The molecule has 2 N–H and O–H groups in total. The Hall–Kier alpha value is -2.12. The molecule has 0 aliphatic rings. The third-order valence-corrected chi connectivity index (χ3v) is 2.73.